The molecular formula is C11H16OS. The molecule has 0 spiro atoms. The lowest BCUT2D eigenvalue weighted by Crippen LogP contribution is -2.04. The summed E-state index contributed by atoms with van der Waals surface area (Å²) in [5.41, 5.74) is 0. The van der Waals surface area contributed by atoms with Crippen molar-refractivity contribution in [2.24, 2.45) is 0 Å². The molecule has 1 atom stereocenters. The Balaban J connectivity index is 2.10. The summed E-state index contributed by atoms with van der Waals surface area (Å²) in [6, 6.07) is 4.21. The van der Waals surface area contributed by atoms with Crippen molar-refractivity contribution in [3.8, 4) is 0 Å². The summed E-state index contributed by atoms with van der Waals surface area (Å²) < 4.78 is 0. The molecule has 1 unspecified atom stereocenters. The Morgan fingerprint density at radius 2 is 2.46 bits per heavy atom. The molecule has 1 aromatic heterocycles. The van der Waals surface area contributed by atoms with Crippen LogP contribution in [0.1, 0.15) is 24.1 Å². The van der Waals surface area contributed by atoms with Crippen molar-refractivity contribution in [2.75, 3.05) is 0 Å². The van der Waals surface area contributed by atoms with Crippen molar-refractivity contribution in [3.63, 3.8) is 0 Å². The number of aryl methyl sites for hydroxylation is 1. The van der Waals surface area contributed by atoms with Gasteiger partial charge in [0.15, 0.2) is 0 Å². The summed E-state index contributed by atoms with van der Waals surface area (Å²) >= 11 is 1.79. The Bertz CT molecular complexity index is 228. The van der Waals surface area contributed by atoms with E-state index in [1.807, 2.05) is 0 Å². The van der Waals surface area contributed by atoms with E-state index in [0.29, 0.717) is 6.42 Å². The van der Waals surface area contributed by atoms with Crippen LogP contribution in [-0.2, 0) is 6.42 Å². The standard InChI is InChI=1S/C11H16OS/c1-2-5-10(12)6-3-7-11-8-4-9-13-11/h2,4,8-10,12H,1,3,5-7H2. The number of aliphatic hydroxyl groups is 1. The lowest BCUT2D eigenvalue weighted by atomic mass is 10.1. The van der Waals surface area contributed by atoms with E-state index >= 15 is 0 Å². The van der Waals surface area contributed by atoms with Crippen LogP contribution in [0, 0.1) is 0 Å². The van der Waals surface area contributed by atoms with E-state index in [0.717, 1.165) is 19.3 Å². The van der Waals surface area contributed by atoms with E-state index in [2.05, 4.69) is 24.1 Å². The zero-order chi connectivity index (χ0) is 9.52. The summed E-state index contributed by atoms with van der Waals surface area (Å²) in [7, 11) is 0. The van der Waals surface area contributed by atoms with Crippen molar-refractivity contribution < 1.29 is 5.11 Å². The lowest BCUT2D eigenvalue weighted by molar-refractivity contribution is 0.165. The molecule has 0 radical (unpaired) electrons. The summed E-state index contributed by atoms with van der Waals surface area (Å²) in [5.74, 6) is 0. The second-order valence-electron chi connectivity index (χ2n) is 3.15. The molecule has 1 N–H and O–H groups in total. The van der Waals surface area contributed by atoms with Crippen LogP contribution in [0.4, 0.5) is 0 Å². The molecule has 0 aliphatic heterocycles. The third-order valence-electron chi connectivity index (χ3n) is 1.98. The van der Waals surface area contributed by atoms with Crippen LogP contribution in [0.5, 0.6) is 0 Å². The molecule has 1 rings (SSSR count). The fourth-order valence-corrected chi connectivity index (χ4v) is 2.03. The van der Waals surface area contributed by atoms with Gasteiger partial charge in [-0.1, -0.05) is 12.1 Å². The zero-order valence-electron chi connectivity index (χ0n) is 7.78. The van der Waals surface area contributed by atoms with Crippen LogP contribution in [0.3, 0.4) is 0 Å². The van der Waals surface area contributed by atoms with Crippen LogP contribution in [0.25, 0.3) is 0 Å². The molecule has 0 saturated carbocycles. The van der Waals surface area contributed by atoms with Gasteiger partial charge in [0.05, 0.1) is 6.10 Å². The number of thiophene rings is 1. The molecule has 0 aromatic carbocycles. The predicted molar refractivity (Wildman–Crippen MR) is 58.1 cm³/mol. The molecule has 0 fully saturated rings. The van der Waals surface area contributed by atoms with E-state index in [1.54, 1.807) is 17.4 Å². The van der Waals surface area contributed by atoms with Crippen LogP contribution in [-0.4, -0.2) is 11.2 Å². The summed E-state index contributed by atoms with van der Waals surface area (Å²) in [6.07, 6.45) is 5.32. The minimum atomic E-state index is -0.197. The Morgan fingerprint density at radius 3 is 3.08 bits per heavy atom. The molecule has 0 bridgehead atoms. The topological polar surface area (TPSA) is 20.2 Å². The van der Waals surface area contributed by atoms with Gasteiger partial charge in [0, 0.05) is 4.88 Å². The lowest BCUT2D eigenvalue weighted by Gasteiger charge is -2.05. The van der Waals surface area contributed by atoms with Crippen LogP contribution < -0.4 is 0 Å². The van der Waals surface area contributed by atoms with E-state index in [1.165, 1.54) is 4.88 Å². The molecule has 2 heteroatoms. The highest BCUT2D eigenvalue weighted by Gasteiger charge is 2.01. The first-order valence-corrected chi connectivity index (χ1v) is 5.52. The molecule has 72 valence electrons. The molecule has 0 aliphatic rings. The molecule has 1 nitrogen and oxygen atoms in total. The maximum absolute atomic E-state index is 9.41. The average Bonchev–Trinajstić information content (AvgIpc) is 2.57. The van der Waals surface area contributed by atoms with Gasteiger partial charge in [-0.3, -0.25) is 0 Å². The highest BCUT2D eigenvalue weighted by molar-refractivity contribution is 7.09. The fraction of sp³-hybridized carbons (Fsp3) is 0.455. The van der Waals surface area contributed by atoms with Crippen molar-refractivity contribution >= 4 is 11.3 Å². The van der Waals surface area contributed by atoms with Crippen molar-refractivity contribution in [2.45, 2.75) is 31.8 Å². The number of aliphatic hydroxyl groups excluding tert-OH is 1. The van der Waals surface area contributed by atoms with Gasteiger partial charge < -0.3 is 5.11 Å². The Labute approximate surface area is 83.7 Å². The average molecular weight is 196 g/mol. The smallest absolute Gasteiger partial charge is 0.0574 e. The minimum Gasteiger partial charge on any atom is -0.393 e. The molecule has 13 heavy (non-hydrogen) atoms. The third kappa shape index (κ3) is 4.25. The van der Waals surface area contributed by atoms with Gasteiger partial charge in [0.1, 0.15) is 0 Å². The van der Waals surface area contributed by atoms with Gasteiger partial charge in [-0.2, -0.15) is 0 Å². The van der Waals surface area contributed by atoms with Gasteiger partial charge in [-0.15, -0.1) is 17.9 Å². The first-order chi connectivity index (χ1) is 6.33. The Hall–Kier alpha value is -0.600. The van der Waals surface area contributed by atoms with E-state index in [4.69, 9.17) is 0 Å². The second-order valence-corrected chi connectivity index (χ2v) is 4.18. The first-order valence-electron chi connectivity index (χ1n) is 4.64. The normalized spacial score (nSPS) is 12.7. The van der Waals surface area contributed by atoms with Crippen LogP contribution in [0.15, 0.2) is 30.2 Å². The molecule has 0 aliphatic carbocycles. The van der Waals surface area contributed by atoms with Gasteiger partial charge in [0.25, 0.3) is 0 Å². The second kappa shape index (κ2) is 5.95. The zero-order valence-corrected chi connectivity index (χ0v) is 8.59. The quantitative estimate of drug-likeness (QED) is 0.693. The Morgan fingerprint density at radius 1 is 1.62 bits per heavy atom. The minimum absolute atomic E-state index is 0.197. The number of hydrogen-bond donors (Lipinski definition) is 1. The van der Waals surface area contributed by atoms with Gasteiger partial charge in [0.2, 0.25) is 0 Å². The van der Waals surface area contributed by atoms with Crippen LogP contribution in [0.2, 0.25) is 0 Å². The fourth-order valence-electron chi connectivity index (χ4n) is 1.28. The molecule has 0 amide bonds. The summed E-state index contributed by atoms with van der Waals surface area (Å²) in [6.45, 7) is 3.60. The van der Waals surface area contributed by atoms with E-state index < -0.39 is 0 Å². The SMILES string of the molecule is C=CCC(O)CCCc1cccs1. The van der Waals surface area contributed by atoms with Gasteiger partial charge in [-0.25, -0.2) is 0 Å². The molecule has 1 heterocycles. The highest BCUT2D eigenvalue weighted by atomic mass is 32.1. The van der Waals surface area contributed by atoms with Crippen molar-refractivity contribution in [3.05, 3.63) is 35.0 Å². The first kappa shape index (κ1) is 10.5. The van der Waals surface area contributed by atoms with E-state index in [9.17, 15) is 5.11 Å². The maximum atomic E-state index is 9.41. The Kier molecular flexibility index (Phi) is 4.79. The molecular weight excluding hydrogens is 180 g/mol. The largest absolute Gasteiger partial charge is 0.393 e. The van der Waals surface area contributed by atoms with Gasteiger partial charge >= 0.3 is 0 Å². The number of rotatable bonds is 6. The van der Waals surface area contributed by atoms with E-state index in [-0.39, 0.29) is 6.10 Å². The molecule has 0 saturated heterocycles. The summed E-state index contributed by atoms with van der Waals surface area (Å²) in [5, 5.41) is 11.5. The number of hydrogen-bond acceptors (Lipinski definition) is 2. The van der Waals surface area contributed by atoms with Crippen molar-refractivity contribution in [1.29, 1.82) is 0 Å². The predicted octanol–water partition coefficient (Wildman–Crippen LogP) is 3.01. The maximum Gasteiger partial charge on any atom is 0.0574 e. The highest BCUT2D eigenvalue weighted by Crippen LogP contribution is 2.13. The van der Waals surface area contributed by atoms with Crippen molar-refractivity contribution in [1.82, 2.24) is 0 Å². The van der Waals surface area contributed by atoms with Gasteiger partial charge in [-0.05, 0) is 37.1 Å². The third-order valence-corrected chi connectivity index (χ3v) is 2.92. The summed E-state index contributed by atoms with van der Waals surface area (Å²) in [4.78, 5) is 1.41. The monoisotopic (exact) mass is 196 g/mol. The molecule has 1 aromatic rings. The van der Waals surface area contributed by atoms with Crippen LogP contribution >= 0.6 is 11.3 Å².